The molecular weight excluding hydrogens is 140 g/mol. The highest BCUT2D eigenvalue weighted by Crippen LogP contribution is 1.89. The molecule has 0 aliphatic heterocycles. The normalized spacial score (nSPS) is 10.5. The molecule has 0 bridgehead atoms. The van der Waals surface area contributed by atoms with Crippen LogP contribution in [0.2, 0.25) is 0 Å². The standard InChI is InChI=1S/C8H18N2O/c1-3-5-10(6-4-9)7-8(2)11/h3-7,9H2,1-2H3. The van der Waals surface area contributed by atoms with Crippen LogP contribution in [0.5, 0.6) is 0 Å². The van der Waals surface area contributed by atoms with Gasteiger partial charge in [0.1, 0.15) is 5.78 Å². The fourth-order valence-corrected chi connectivity index (χ4v) is 1.08. The zero-order valence-electron chi connectivity index (χ0n) is 7.47. The van der Waals surface area contributed by atoms with Gasteiger partial charge in [0.2, 0.25) is 0 Å². The Morgan fingerprint density at radius 1 is 1.45 bits per heavy atom. The van der Waals surface area contributed by atoms with Crippen molar-refractivity contribution < 1.29 is 4.79 Å². The highest BCUT2D eigenvalue weighted by Gasteiger charge is 2.03. The Morgan fingerprint density at radius 2 is 2.09 bits per heavy atom. The van der Waals surface area contributed by atoms with Crippen LogP contribution in [0.4, 0.5) is 0 Å². The Balaban J connectivity index is 3.59. The number of ketones is 1. The molecule has 0 atom stereocenters. The summed E-state index contributed by atoms with van der Waals surface area (Å²) in [7, 11) is 0. The van der Waals surface area contributed by atoms with Crippen molar-refractivity contribution in [2.45, 2.75) is 20.3 Å². The molecule has 0 heterocycles. The van der Waals surface area contributed by atoms with Crippen molar-refractivity contribution >= 4 is 5.78 Å². The topological polar surface area (TPSA) is 46.3 Å². The van der Waals surface area contributed by atoms with E-state index in [2.05, 4.69) is 11.8 Å². The second-order valence-corrected chi connectivity index (χ2v) is 2.77. The van der Waals surface area contributed by atoms with Crippen molar-refractivity contribution in [1.29, 1.82) is 0 Å². The Labute approximate surface area is 68.6 Å². The van der Waals surface area contributed by atoms with E-state index >= 15 is 0 Å². The summed E-state index contributed by atoms with van der Waals surface area (Å²) in [6.45, 7) is 6.69. The molecule has 3 nitrogen and oxygen atoms in total. The van der Waals surface area contributed by atoms with Crippen molar-refractivity contribution in [3.63, 3.8) is 0 Å². The Morgan fingerprint density at radius 3 is 2.45 bits per heavy atom. The predicted molar refractivity (Wildman–Crippen MR) is 46.5 cm³/mol. The maximum atomic E-state index is 10.7. The molecule has 0 radical (unpaired) electrons. The van der Waals surface area contributed by atoms with Gasteiger partial charge < -0.3 is 5.73 Å². The lowest BCUT2D eigenvalue weighted by atomic mass is 10.3. The highest BCUT2D eigenvalue weighted by atomic mass is 16.1. The van der Waals surface area contributed by atoms with Gasteiger partial charge in [-0.15, -0.1) is 0 Å². The number of Topliss-reactive ketones (excluding diaryl/α,β-unsaturated/α-hetero) is 1. The molecule has 0 aliphatic carbocycles. The first-order chi connectivity index (χ1) is 5.20. The first-order valence-electron chi connectivity index (χ1n) is 4.12. The van der Waals surface area contributed by atoms with Crippen LogP contribution in [0.15, 0.2) is 0 Å². The first kappa shape index (κ1) is 10.6. The molecule has 0 rings (SSSR count). The molecule has 0 unspecified atom stereocenters. The van der Waals surface area contributed by atoms with Crippen LogP contribution >= 0.6 is 0 Å². The van der Waals surface area contributed by atoms with Gasteiger partial charge in [-0.05, 0) is 19.9 Å². The van der Waals surface area contributed by atoms with Crippen molar-refractivity contribution in [3.05, 3.63) is 0 Å². The van der Waals surface area contributed by atoms with E-state index < -0.39 is 0 Å². The number of nitrogens with zero attached hydrogens (tertiary/aromatic N) is 1. The first-order valence-corrected chi connectivity index (χ1v) is 4.12. The fraction of sp³-hybridized carbons (Fsp3) is 0.875. The lowest BCUT2D eigenvalue weighted by Crippen LogP contribution is -2.33. The zero-order chi connectivity index (χ0) is 8.69. The lowest BCUT2D eigenvalue weighted by molar-refractivity contribution is -0.118. The van der Waals surface area contributed by atoms with E-state index in [-0.39, 0.29) is 5.78 Å². The smallest absolute Gasteiger partial charge is 0.143 e. The SMILES string of the molecule is CCCN(CCN)CC(C)=O. The molecule has 11 heavy (non-hydrogen) atoms. The van der Waals surface area contributed by atoms with Gasteiger partial charge in [-0.25, -0.2) is 0 Å². The number of carbonyl (C=O) groups excluding carboxylic acids is 1. The summed E-state index contributed by atoms with van der Waals surface area (Å²) < 4.78 is 0. The average molecular weight is 158 g/mol. The summed E-state index contributed by atoms with van der Waals surface area (Å²) >= 11 is 0. The summed E-state index contributed by atoms with van der Waals surface area (Å²) in [4.78, 5) is 12.8. The van der Waals surface area contributed by atoms with E-state index in [0.29, 0.717) is 13.1 Å². The fourth-order valence-electron chi connectivity index (χ4n) is 1.08. The summed E-state index contributed by atoms with van der Waals surface area (Å²) in [5.74, 6) is 0.215. The van der Waals surface area contributed by atoms with Crippen molar-refractivity contribution in [2.24, 2.45) is 5.73 Å². The van der Waals surface area contributed by atoms with Crippen LogP contribution in [-0.2, 0) is 4.79 Å². The van der Waals surface area contributed by atoms with Gasteiger partial charge in [0.05, 0.1) is 6.54 Å². The molecule has 0 aliphatic rings. The molecule has 0 aromatic rings. The molecule has 0 spiro atoms. The zero-order valence-corrected chi connectivity index (χ0v) is 7.47. The molecule has 0 saturated heterocycles. The van der Waals surface area contributed by atoms with E-state index in [9.17, 15) is 4.79 Å². The van der Waals surface area contributed by atoms with Gasteiger partial charge in [-0.3, -0.25) is 9.69 Å². The molecule has 0 aromatic carbocycles. The van der Waals surface area contributed by atoms with Gasteiger partial charge in [0.25, 0.3) is 0 Å². The third-order valence-corrected chi connectivity index (χ3v) is 1.43. The molecule has 66 valence electrons. The molecule has 0 saturated carbocycles. The molecule has 0 aromatic heterocycles. The maximum absolute atomic E-state index is 10.7. The summed E-state index contributed by atoms with van der Waals surface area (Å²) in [5, 5.41) is 0. The van der Waals surface area contributed by atoms with E-state index in [4.69, 9.17) is 5.73 Å². The summed E-state index contributed by atoms with van der Waals surface area (Å²) in [5.41, 5.74) is 5.38. The third-order valence-electron chi connectivity index (χ3n) is 1.43. The number of nitrogens with two attached hydrogens (primary N) is 1. The van der Waals surface area contributed by atoms with Gasteiger partial charge >= 0.3 is 0 Å². The van der Waals surface area contributed by atoms with Gasteiger partial charge in [0, 0.05) is 13.1 Å². The quantitative estimate of drug-likeness (QED) is 0.602. The molecule has 0 fully saturated rings. The van der Waals surface area contributed by atoms with Crippen molar-refractivity contribution in [2.75, 3.05) is 26.2 Å². The van der Waals surface area contributed by atoms with E-state index in [0.717, 1.165) is 19.5 Å². The Kier molecular flexibility index (Phi) is 6.07. The van der Waals surface area contributed by atoms with Gasteiger partial charge in [0.15, 0.2) is 0 Å². The minimum Gasteiger partial charge on any atom is -0.329 e. The van der Waals surface area contributed by atoms with Crippen LogP contribution in [0.1, 0.15) is 20.3 Å². The highest BCUT2D eigenvalue weighted by molar-refractivity contribution is 5.77. The van der Waals surface area contributed by atoms with Gasteiger partial charge in [-0.1, -0.05) is 6.92 Å². The molecular formula is C8H18N2O. The van der Waals surface area contributed by atoms with E-state index in [1.807, 2.05) is 0 Å². The number of hydrogen-bond donors (Lipinski definition) is 1. The van der Waals surface area contributed by atoms with E-state index in [1.54, 1.807) is 6.92 Å². The van der Waals surface area contributed by atoms with E-state index in [1.165, 1.54) is 0 Å². The summed E-state index contributed by atoms with van der Waals surface area (Å²) in [6.07, 6.45) is 1.08. The molecule has 0 amide bonds. The largest absolute Gasteiger partial charge is 0.329 e. The second kappa shape index (κ2) is 6.31. The average Bonchev–Trinajstić information content (AvgIpc) is 1.87. The van der Waals surface area contributed by atoms with Crippen LogP contribution in [0.25, 0.3) is 0 Å². The number of hydrogen-bond acceptors (Lipinski definition) is 3. The predicted octanol–water partition coefficient (Wildman–Crippen LogP) is 0.246. The molecule has 2 N–H and O–H groups in total. The number of carbonyl (C=O) groups is 1. The van der Waals surface area contributed by atoms with Crippen LogP contribution in [0, 0.1) is 0 Å². The number of rotatable bonds is 6. The monoisotopic (exact) mass is 158 g/mol. The summed E-state index contributed by atoms with van der Waals surface area (Å²) in [6, 6.07) is 0. The van der Waals surface area contributed by atoms with Crippen molar-refractivity contribution in [1.82, 2.24) is 4.90 Å². The van der Waals surface area contributed by atoms with Crippen LogP contribution in [-0.4, -0.2) is 36.9 Å². The van der Waals surface area contributed by atoms with Crippen LogP contribution < -0.4 is 5.73 Å². The lowest BCUT2D eigenvalue weighted by Gasteiger charge is -2.18. The van der Waals surface area contributed by atoms with Gasteiger partial charge in [-0.2, -0.15) is 0 Å². The minimum atomic E-state index is 0.215. The second-order valence-electron chi connectivity index (χ2n) is 2.77. The molecule has 3 heteroatoms. The Bertz CT molecular complexity index is 109. The third kappa shape index (κ3) is 6.01. The Hall–Kier alpha value is -0.410. The van der Waals surface area contributed by atoms with Crippen molar-refractivity contribution in [3.8, 4) is 0 Å². The minimum absolute atomic E-state index is 0.215. The maximum Gasteiger partial charge on any atom is 0.143 e. The van der Waals surface area contributed by atoms with Crippen LogP contribution in [0.3, 0.4) is 0 Å².